The Morgan fingerprint density at radius 1 is 0.794 bits per heavy atom. The predicted molar refractivity (Wildman–Crippen MR) is 117 cm³/mol. The first-order chi connectivity index (χ1) is 16.3. The summed E-state index contributed by atoms with van der Waals surface area (Å²) < 4.78 is 5.27. The molecule has 186 valence electrons. The van der Waals surface area contributed by atoms with E-state index in [0.29, 0.717) is 49.1 Å². The topological polar surface area (TPSA) is 127 Å². The van der Waals surface area contributed by atoms with E-state index < -0.39 is 17.8 Å². The van der Waals surface area contributed by atoms with Gasteiger partial charge >= 0.3 is 11.9 Å². The van der Waals surface area contributed by atoms with Crippen molar-refractivity contribution < 1.29 is 38.3 Å². The number of unbranched alkanes of at least 4 members (excludes halogenated alkanes) is 2. The van der Waals surface area contributed by atoms with Crippen molar-refractivity contribution in [1.82, 2.24) is 9.96 Å². The van der Waals surface area contributed by atoms with Gasteiger partial charge in [-0.05, 0) is 50.4 Å². The van der Waals surface area contributed by atoms with Crippen LogP contribution in [0.25, 0.3) is 0 Å². The zero-order valence-corrected chi connectivity index (χ0v) is 19.4. The van der Waals surface area contributed by atoms with Crippen molar-refractivity contribution >= 4 is 35.6 Å². The molecule has 0 atom stereocenters. The Labute approximate surface area is 198 Å². The Morgan fingerprint density at radius 3 is 2.06 bits per heavy atom. The van der Waals surface area contributed by atoms with E-state index in [0.717, 1.165) is 32.1 Å². The maximum atomic E-state index is 12.0. The van der Waals surface area contributed by atoms with Gasteiger partial charge in [0.15, 0.2) is 0 Å². The van der Waals surface area contributed by atoms with E-state index >= 15 is 0 Å². The second-order valence-electron chi connectivity index (χ2n) is 9.12. The van der Waals surface area contributed by atoms with Crippen molar-refractivity contribution in [1.29, 1.82) is 0 Å². The van der Waals surface area contributed by atoms with Gasteiger partial charge in [-0.15, -0.1) is 5.06 Å². The number of hydrogen-bond donors (Lipinski definition) is 0. The van der Waals surface area contributed by atoms with Crippen molar-refractivity contribution in [3.63, 3.8) is 0 Å². The second kappa shape index (κ2) is 12.4. The SMILES string of the molecule is O=C(CCC1CCC(CN2C(=O)C=CC2=O)CC1)OCCCCCC(=O)ON1C(=O)CCC1=O. The molecule has 2 fully saturated rings. The predicted octanol–water partition coefficient (Wildman–Crippen LogP) is 2.21. The van der Waals surface area contributed by atoms with Gasteiger partial charge in [-0.25, -0.2) is 4.79 Å². The van der Waals surface area contributed by atoms with Crippen LogP contribution in [0.4, 0.5) is 0 Å². The van der Waals surface area contributed by atoms with Crippen molar-refractivity contribution in [3.8, 4) is 0 Å². The third-order valence-electron chi connectivity index (χ3n) is 6.55. The smallest absolute Gasteiger partial charge is 0.333 e. The Hall–Kier alpha value is -3.04. The number of esters is 1. The minimum absolute atomic E-state index is 0.0692. The van der Waals surface area contributed by atoms with Crippen LogP contribution in [0.5, 0.6) is 0 Å². The molecule has 0 aromatic carbocycles. The van der Waals surface area contributed by atoms with Crippen molar-refractivity contribution in [3.05, 3.63) is 12.2 Å². The van der Waals surface area contributed by atoms with Crippen molar-refractivity contribution in [2.24, 2.45) is 11.8 Å². The lowest BCUT2D eigenvalue weighted by molar-refractivity contribution is -0.197. The number of hydroxylamine groups is 2. The summed E-state index contributed by atoms with van der Waals surface area (Å²) in [6, 6.07) is 0. The van der Waals surface area contributed by atoms with Crippen LogP contribution >= 0.6 is 0 Å². The summed E-state index contributed by atoms with van der Waals surface area (Å²) in [7, 11) is 0. The van der Waals surface area contributed by atoms with Gasteiger partial charge < -0.3 is 9.57 Å². The standard InChI is InChI=1S/C24H32N2O8/c27-19-10-11-20(28)25(19)16-18-7-5-17(6-8-18)9-14-23(31)33-15-3-1-2-4-24(32)34-26-21(29)12-13-22(26)30/h10-11,17-18H,1-9,12-16H2. The van der Waals surface area contributed by atoms with Gasteiger partial charge in [0.1, 0.15) is 0 Å². The highest BCUT2D eigenvalue weighted by atomic mass is 16.7. The molecule has 1 saturated carbocycles. The second-order valence-corrected chi connectivity index (χ2v) is 9.12. The number of carbonyl (C=O) groups excluding carboxylic acids is 6. The first kappa shape index (κ1) is 25.6. The van der Waals surface area contributed by atoms with Gasteiger partial charge in [-0.3, -0.25) is 28.9 Å². The van der Waals surface area contributed by atoms with Gasteiger partial charge in [0.2, 0.25) is 0 Å². The zero-order chi connectivity index (χ0) is 24.5. The summed E-state index contributed by atoms with van der Waals surface area (Å²) in [5.41, 5.74) is 0. The van der Waals surface area contributed by atoms with E-state index in [2.05, 4.69) is 0 Å². The van der Waals surface area contributed by atoms with Crippen LogP contribution in [0.2, 0.25) is 0 Å². The molecular formula is C24H32N2O8. The Bertz CT molecular complexity index is 810. The van der Waals surface area contributed by atoms with Crippen LogP contribution in [-0.4, -0.2) is 58.7 Å². The minimum atomic E-state index is -0.620. The summed E-state index contributed by atoms with van der Waals surface area (Å²) in [5.74, 6) is -1.53. The highest BCUT2D eigenvalue weighted by molar-refractivity contribution is 6.12. The monoisotopic (exact) mass is 476 g/mol. The number of nitrogens with zero attached hydrogens (tertiary/aromatic N) is 2. The molecule has 3 rings (SSSR count). The van der Waals surface area contributed by atoms with Gasteiger partial charge in [-0.1, -0.05) is 12.8 Å². The van der Waals surface area contributed by atoms with Crippen LogP contribution < -0.4 is 0 Å². The fraction of sp³-hybridized carbons (Fsp3) is 0.667. The fourth-order valence-corrected chi connectivity index (χ4v) is 4.51. The van der Waals surface area contributed by atoms with Crippen LogP contribution in [0.1, 0.15) is 77.0 Å². The van der Waals surface area contributed by atoms with E-state index in [1.807, 2.05) is 0 Å². The highest BCUT2D eigenvalue weighted by Crippen LogP contribution is 2.32. The number of carbonyl (C=O) groups is 6. The van der Waals surface area contributed by atoms with Crippen molar-refractivity contribution in [2.75, 3.05) is 13.2 Å². The molecule has 2 aliphatic heterocycles. The van der Waals surface area contributed by atoms with E-state index in [-0.39, 0.29) is 43.7 Å². The summed E-state index contributed by atoms with van der Waals surface area (Å²) in [5, 5.41) is 0.545. The van der Waals surface area contributed by atoms with Crippen LogP contribution in [0, 0.1) is 11.8 Å². The molecule has 0 spiro atoms. The largest absolute Gasteiger partial charge is 0.466 e. The molecule has 0 aromatic heterocycles. The van der Waals surface area contributed by atoms with Crippen LogP contribution in [0.3, 0.4) is 0 Å². The van der Waals surface area contributed by atoms with Gasteiger partial charge in [0, 0.05) is 44.4 Å². The molecule has 2 heterocycles. The average molecular weight is 477 g/mol. The third-order valence-corrected chi connectivity index (χ3v) is 6.55. The number of imide groups is 2. The molecule has 4 amide bonds. The molecule has 1 saturated heterocycles. The van der Waals surface area contributed by atoms with E-state index in [1.165, 1.54) is 17.1 Å². The highest BCUT2D eigenvalue weighted by Gasteiger charge is 2.32. The van der Waals surface area contributed by atoms with Crippen LogP contribution in [0.15, 0.2) is 12.2 Å². The maximum absolute atomic E-state index is 12.0. The Kier molecular flexibility index (Phi) is 9.35. The average Bonchev–Trinajstić information content (AvgIpc) is 3.31. The molecule has 34 heavy (non-hydrogen) atoms. The van der Waals surface area contributed by atoms with Crippen molar-refractivity contribution in [2.45, 2.75) is 77.0 Å². The molecule has 1 aliphatic carbocycles. The molecule has 0 bridgehead atoms. The lowest BCUT2D eigenvalue weighted by Gasteiger charge is -2.30. The summed E-state index contributed by atoms with van der Waals surface area (Å²) in [6.45, 7) is 0.765. The fourth-order valence-electron chi connectivity index (χ4n) is 4.51. The normalized spacial score (nSPS) is 22.6. The number of amides is 4. The quantitative estimate of drug-likeness (QED) is 0.238. The molecule has 0 aromatic rings. The zero-order valence-electron chi connectivity index (χ0n) is 19.4. The molecule has 10 heteroatoms. The molecular weight excluding hydrogens is 444 g/mol. The number of rotatable bonds is 12. The minimum Gasteiger partial charge on any atom is -0.466 e. The maximum Gasteiger partial charge on any atom is 0.333 e. The Balaban J connectivity index is 1.17. The van der Waals surface area contributed by atoms with E-state index in [1.54, 1.807) is 0 Å². The van der Waals surface area contributed by atoms with Crippen LogP contribution in [-0.2, 0) is 38.3 Å². The number of hydrogen-bond acceptors (Lipinski definition) is 8. The summed E-state index contributed by atoms with van der Waals surface area (Å²) in [4.78, 5) is 76.0. The lowest BCUT2D eigenvalue weighted by atomic mass is 9.80. The molecule has 0 unspecified atom stereocenters. The van der Waals surface area contributed by atoms with Gasteiger partial charge in [0.05, 0.1) is 6.61 Å². The first-order valence-electron chi connectivity index (χ1n) is 12.1. The molecule has 0 N–H and O–H groups in total. The van der Waals surface area contributed by atoms with E-state index in [4.69, 9.17) is 9.57 Å². The lowest BCUT2D eigenvalue weighted by Crippen LogP contribution is -2.36. The Morgan fingerprint density at radius 2 is 1.41 bits per heavy atom. The van der Waals surface area contributed by atoms with Gasteiger partial charge in [0.25, 0.3) is 23.6 Å². The molecule has 3 aliphatic rings. The first-order valence-corrected chi connectivity index (χ1v) is 12.1. The summed E-state index contributed by atoms with van der Waals surface area (Å²) in [6.07, 6.45) is 9.63. The molecule has 10 nitrogen and oxygen atoms in total. The third kappa shape index (κ3) is 7.50. The summed E-state index contributed by atoms with van der Waals surface area (Å²) >= 11 is 0. The van der Waals surface area contributed by atoms with Gasteiger partial charge in [-0.2, -0.15) is 0 Å². The van der Waals surface area contributed by atoms with E-state index in [9.17, 15) is 28.8 Å². The molecule has 0 radical (unpaired) electrons. The number of ether oxygens (including phenoxy) is 1.